The number of rotatable bonds is 22. The van der Waals surface area contributed by atoms with E-state index in [-0.39, 0.29) is 47.9 Å². The molecule has 1 unspecified atom stereocenters. The van der Waals surface area contributed by atoms with Gasteiger partial charge in [-0.05, 0) is 127 Å². The van der Waals surface area contributed by atoms with Crippen molar-refractivity contribution >= 4 is 29.5 Å². The average molecular weight is 793 g/mol. The van der Waals surface area contributed by atoms with Crippen molar-refractivity contribution < 1.29 is 42.9 Å². The molecule has 4 rings (SSSR count). The van der Waals surface area contributed by atoms with E-state index in [1.165, 1.54) is 0 Å². The van der Waals surface area contributed by atoms with E-state index in [2.05, 4.69) is 44.9 Å². The number of benzene rings is 2. The van der Waals surface area contributed by atoms with Gasteiger partial charge in [0, 0.05) is 69.5 Å². The maximum absolute atomic E-state index is 13.5. The molecule has 0 bridgehead atoms. The molecule has 0 spiro atoms. The van der Waals surface area contributed by atoms with Crippen LogP contribution in [0.15, 0.2) is 43.0 Å². The van der Waals surface area contributed by atoms with Crippen molar-refractivity contribution in [1.29, 1.82) is 5.41 Å². The van der Waals surface area contributed by atoms with E-state index in [1.54, 1.807) is 20.3 Å². The minimum Gasteiger partial charge on any atom is -0.432 e. The molecule has 2 aliphatic rings. The standard InChI is InChI=1S/C44H64N4O9/c1-29(47-41(2,3)19-24-55-44(8,9)20-23-52-10)30-12-14-32-33-15-13-31(39(50)46-22-18-43(6,7)56-25-21-42(4,5)53-11)27-35(33)36(34(32)26-30)28-54-40(51)57-48-37(45)16-17-38(48)49/h12-15,26-27,36,45,47H,1,16-25,28H2,2-11H3,(H,46,50). The zero-order valence-corrected chi connectivity index (χ0v) is 35.6. The van der Waals surface area contributed by atoms with Crippen LogP contribution in [0.3, 0.4) is 0 Å². The normalized spacial score (nSPS) is 15.7. The fraction of sp³-hybridized carbons (Fsp3) is 0.591. The first kappa shape index (κ1) is 45.4. The van der Waals surface area contributed by atoms with Crippen molar-refractivity contribution in [3.63, 3.8) is 0 Å². The topological polar surface area (TPSA) is 158 Å². The Bertz CT molecular complexity index is 1770. The highest BCUT2D eigenvalue weighted by Gasteiger charge is 2.34. The lowest BCUT2D eigenvalue weighted by Gasteiger charge is -2.31. The third-order valence-electron chi connectivity index (χ3n) is 10.7. The molecule has 57 heavy (non-hydrogen) atoms. The number of fused-ring (bicyclic) bond motifs is 3. The summed E-state index contributed by atoms with van der Waals surface area (Å²) in [4.78, 5) is 43.6. The Balaban J connectivity index is 1.49. The monoisotopic (exact) mass is 792 g/mol. The number of nitrogens with zero attached hydrogens (tertiary/aromatic N) is 1. The lowest BCUT2D eigenvalue weighted by Crippen LogP contribution is -2.40. The van der Waals surface area contributed by atoms with E-state index in [0.29, 0.717) is 43.4 Å². The van der Waals surface area contributed by atoms with Gasteiger partial charge < -0.3 is 34.3 Å². The van der Waals surface area contributed by atoms with E-state index < -0.39 is 23.6 Å². The Morgan fingerprint density at radius 3 is 1.98 bits per heavy atom. The number of hydroxylamine groups is 2. The number of carbonyl (C=O) groups is 3. The minimum atomic E-state index is -1.09. The van der Waals surface area contributed by atoms with Crippen LogP contribution in [0.2, 0.25) is 0 Å². The molecule has 13 heteroatoms. The van der Waals surface area contributed by atoms with Crippen LogP contribution in [0.1, 0.15) is 127 Å². The predicted octanol–water partition coefficient (Wildman–Crippen LogP) is 7.76. The molecule has 314 valence electrons. The summed E-state index contributed by atoms with van der Waals surface area (Å²) in [5.74, 6) is -1.28. The second-order valence-corrected chi connectivity index (χ2v) is 17.4. The van der Waals surface area contributed by atoms with Crippen LogP contribution in [0, 0.1) is 5.41 Å². The van der Waals surface area contributed by atoms with Crippen molar-refractivity contribution in [1.82, 2.24) is 15.7 Å². The summed E-state index contributed by atoms with van der Waals surface area (Å²) in [6.45, 7) is 22.7. The summed E-state index contributed by atoms with van der Waals surface area (Å²) < 4.78 is 28.6. The minimum absolute atomic E-state index is 0.0917. The quantitative estimate of drug-likeness (QED) is 0.101. The van der Waals surface area contributed by atoms with Gasteiger partial charge in [0.25, 0.3) is 11.8 Å². The maximum Gasteiger partial charge on any atom is 0.533 e. The highest BCUT2D eigenvalue weighted by atomic mass is 16.8. The van der Waals surface area contributed by atoms with E-state index in [0.717, 1.165) is 52.8 Å². The Labute approximate surface area is 338 Å². The van der Waals surface area contributed by atoms with Crippen molar-refractivity contribution in [2.75, 3.05) is 47.2 Å². The molecule has 13 nitrogen and oxygen atoms in total. The molecule has 2 amide bonds. The molecule has 1 atom stereocenters. The lowest BCUT2D eigenvalue weighted by atomic mass is 9.94. The summed E-state index contributed by atoms with van der Waals surface area (Å²) >= 11 is 0. The van der Waals surface area contributed by atoms with Crippen LogP contribution in [-0.2, 0) is 33.3 Å². The molecule has 0 radical (unpaired) electrons. The van der Waals surface area contributed by atoms with Crippen LogP contribution >= 0.6 is 0 Å². The molecule has 1 saturated heterocycles. The van der Waals surface area contributed by atoms with Gasteiger partial charge in [-0.3, -0.25) is 19.8 Å². The zero-order valence-electron chi connectivity index (χ0n) is 35.6. The van der Waals surface area contributed by atoms with Crippen LogP contribution < -0.4 is 10.6 Å². The zero-order chi connectivity index (χ0) is 42.2. The van der Waals surface area contributed by atoms with Gasteiger partial charge in [0.2, 0.25) is 0 Å². The molecule has 2 aromatic carbocycles. The summed E-state index contributed by atoms with van der Waals surface area (Å²) in [7, 11) is 3.37. The fourth-order valence-electron chi connectivity index (χ4n) is 6.68. The second-order valence-electron chi connectivity index (χ2n) is 17.4. The summed E-state index contributed by atoms with van der Waals surface area (Å²) in [5.41, 5.74) is 4.21. The molecule has 0 saturated carbocycles. The highest BCUT2D eigenvalue weighted by molar-refractivity contribution is 6.02. The number of ether oxygens (including phenoxy) is 5. The van der Waals surface area contributed by atoms with Crippen LogP contribution in [-0.4, -0.2) is 98.4 Å². The van der Waals surface area contributed by atoms with Gasteiger partial charge in [0.05, 0.1) is 23.4 Å². The Morgan fingerprint density at radius 2 is 1.39 bits per heavy atom. The van der Waals surface area contributed by atoms with Crippen LogP contribution in [0.4, 0.5) is 4.79 Å². The summed E-state index contributed by atoms with van der Waals surface area (Å²) in [5, 5.41) is 15.2. The molecule has 1 fully saturated rings. The van der Waals surface area contributed by atoms with Gasteiger partial charge in [-0.1, -0.05) is 24.8 Å². The van der Waals surface area contributed by atoms with E-state index in [9.17, 15) is 14.4 Å². The van der Waals surface area contributed by atoms with E-state index in [4.69, 9.17) is 33.9 Å². The molecule has 0 aromatic heterocycles. The summed E-state index contributed by atoms with van der Waals surface area (Å²) in [6, 6.07) is 11.6. The molecule has 2 aromatic rings. The van der Waals surface area contributed by atoms with Crippen molar-refractivity contribution in [2.24, 2.45) is 0 Å². The molecule has 1 heterocycles. The Morgan fingerprint density at radius 1 is 0.807 bits per heavy atom. The third kappa shape index (κ3) is 12.8. The number of amides is 2. The van der Waals surface area contributed by atoms with Gasteiger partial charge >= 0.3 is 6.16 Å². The first-order valence-electron chi connectivity index (χ1n) is 19.8. The van der Waals surface area contributed by atoms with Crippen molar-refractivity contribution in [3.8, 4) is 11.1 Å². The number of hydrogen-bond acceptors (Lipinski definition) is 11. The second kappa shape index (κ2) is 19.0. The number of amidine groups is 1. The number of hydrogen-bond donors (Lipinski definition) is 3. The number of nitrogens with one attached hydrogen (secondary N) is 3. The molecule has 1 aliphatic carbocycles. The van der Waals surface area contributed by atoms with E-state index in [1.807, 2.05) is 58.0 Å². The lowest BCUT2D eigenvalue weighted by molar-refractivity contribution is -0.151. The average Bonchev–Trinajstić information content (AvgIpc) is 3.62. The maximum atomic E-state index is 13.5. The van der Waals surface area contributed by atoms with Gasteiger partial charge in [0.15, 0.2) is 0 Å². The van der Waals surface area contributed by atoms with Gasteiger partial charge in [-0.15, -0.1) is 5.06 Å². The molecular weight excluding hydrogens is 729 g/mol. The van der Waals surface area contributed by atoms with Gasteiger partial charge in [-0.2, -0.15) is 0 Å². The van der Waals surface area contributed by atoms with Gasteiger partial charge in [-0.25, -0.2) is 4.79 Å². The van der Waals surface area contributed by atoms with Crippen LogP contribution in [0.5, 0.6) is 0 Å². The third-order valence-corrected chi connectivity index (χ3v) is 10.7. The smallest absolute Gasteiger partial charge is 0.432 e. The largest absolute Gasteiger partial charge is 0.533 e. The Hall–Kier alpha value is -4.30. The van der Waals surface area contributed by atoms with Crippen molar-refractivity contribution in [2.45, 2.75) is 122 Å². The summed E-state index contributed by atoms with van der Waals surface area (Å²) in [6.07, 6.45) is 2.06. The fourth-order valence-corrected chi connectivity index (χ4v) is 6.68. The molecule has 3 N–H and O–H groups in total. The predicted molar refractivity (Wildman–Crippen MR) is 220 cm³/mol. The van der Waals surface area contributed by atoms with Crippen molar-refractivity contribution in [3.05, 3.63) is 65.2 Å². The van der Waals surface area contributed by atoms with Gasteiger partial charge in [0.1, 0.15) is 12.4 Å². The number of carbonyl (C=O) groups excluding carboxylic acids is 3. The van der Waals surface area contributed by atoms with Crippen LogP contribution in [0.25, 0.3) is 16.8 Å². The first-order chi connectivity index (χ1) is 26.7. The highest BCUT2D eigenvalue weighted by Crippen LogP contribution is 2.46. The molecule has 1 aliphatic heterocycles. The molecular formula is C44H64N4O9. The SMILES string of the molecule is C=C(NC(C)(C)CCOC(C)(C)CCOC)c1ccc2c(c1)C(COC(=O)ON1C(=N)CCC1=O)c1cc(C(=O)NCCC(C)(C)OCCC(C)(C)OC)ccc1-2. The first-order valence-corrected chi connectivity index (χ1v) is 19.8. The Kier molecular flexibility index (Phi) is 15.1. The number of methoxy groups -OCH3 is 2. The van der Waals surface area contributed by atoms with E-state index >= 15 is 0 Å².